The predicted molar refractivity (Wildman–Crippen MR) is 64.2 cm³/mol. The first-order chi connectivity index (χ1) is 9.20. The minimum absolute atomic E-state index is 0.101. The molecule has 0 spiro atoms. The molecule has 0 radical (unpaired) electrons. The molecule has 0 unspecified atom stereocenters. The summed E-state index contributed by atoms with van der Waals surface area (Å²) in [5, 5.41) is 38.2. The van der Waals surface area contributed by atoms with Gasteiger partial charge in [0.1, 0.15) is 0 Å². The molecule has 0 amide bonds. The average molecular weight is 246 g/mol. The van der Waals surface area contributed by atoms with E-state index in [1.54, 1.807) is 0 Å². The number of hydrogen-bond acceptors (Lipinski definition) is 4. The first-order valence-electron chi connectivity index (χ1n) is 6.20. The maximum Gasteiger partial charge on any atom is 0.182 e. The molecule has 0 heterocycles. The Morgan fingerprint density at radius 3 is 1.89 bits per heavy atom. The van der Waals surface area contributed by atoms with E-state index in [4.69, 9.17) is 0 Å². The van der Waals surface area contributed by atoms with E-state index in [0.29, 0.717) is 0 Å². The summed E-state index contributed by atoms with van der Waals surface area (Å²) < 4.78 is 0. The molecule has 4 atom stereocenters. The molecule has 1 fully saturated rings. The van der Waals surface area contributed by atoms with Crippen LogP contribution in [0.15, 0.2) is 24.3 Å². The van der Waals surface area contributed by atoms with Crippen LogP contribution < -0.4 is 0 Å². The molecule has 2 bridgehead atoms. The quantitative estimate of drug-likeness (QED) is 0.611. The zero-order chi connectivity index (χ0) is 13.7. The predicted octanol–water partition coefficient (Wildman–Crippen LogP) is 2.06. The number of nitriles is 4. The van der Waals surface area contributed by atoms with Crippen LogP contribution in [0.5, 0.6) is 0 Å². The molecule has 0 N–H and O–H groups in total. The van der Waals surface area contributed by atoms with Crippen LogP contribution in [0.4, 0.5) is 0 Å². The summed E-state index contributed by atoms with van der Waals surface area (Å²) in [5.74, 6) is -0.435. The molecule has 4 aliphatic carbocycles. The maximum absolute atomic E-state index is 9.55. The van der Waals surface area contributed by atoms with Gasteiger partial charge in [0.25, 0.3) is 0 Å². The van der Waals surface area contributed by atoms with Crippen LogP contribution in [-0.4, -0.2) is 0 Å². The van der Waals surface area contributed by atoms with Gasteiger partial charge in [0.2, 0.25) is 0 Å². The van der Waals surface area contributed by atoms with Crippen molar-refractivity contribution >= 4 is 0 Å². The smallest absolute Gasteiger partial charge is 0.182 e. The van der Waals surface area contributed by atoms with Gasteiger partial charge < -0.3 is 0 Å². The van der Waals surface area contributed by atoms with Crippen molar-refractivity contribution in [3.63, 3.8) is 0 Å². The van der Waals surface area contributed by atoms with Gasteiger partial charge in [0.05, 0.1) is 24.3 Å². The summed E-state index contributed by atoms with van der Waals surface area (Å²) in [4.78, 5) is 0. The minimum atomic E-state index is -1.56. The van der Waals surface area contributed by atoms with Gasteiger partial charge in [-0.1, -0.05) is 24.3 Å². The van der Waals surface area contributed by atoms with Crippen molar-refractivity contribution in [2.45, 2.75) is 6.42 Å². The van der Waals surface area contributed by atoms with Gasteiger partial charge in [0, 0.05) is 11.8 Å². The fourth-order valence-corrected chi connectivity index (χ4v) is 4.10. The number of hydrogen-bond donors (Lipinski definition) is 0. The Balaban J connectivity index is 2.32. The summed E-state index contributed by atoms with van der Waals surface area (Å²) in [6.45, 7) is 0. The van der Waals surface area contributed by atoms with Gasteiger partial charge in [-0.25, -0.2) is 0 Å². The van der Waals surface area contributed by atoms with E-state index >= 15 is 0 Å². The Morgan fingerprint density at radius 2 is 1.32 bits per heavy atom. The standard InChI is InChI=1S/C15H10N4/c16-6-14(7-17)12-4-5-13(15(14,8-18)9-19)11-3-1-2-10(11)12/h1-2,4-5,10-13H,3H2/t10-,11+,12-,13-/m0/s1. The Morgan fingerprint density at radius 1 is 0.789 bits per heavy atom. The SMILES string of the molecule is N#CC1(C#N)[C@H]2C=C[C@@H]([C@@H]3CC=C[C@@H]32)C1(C#N)C#N. The topological polar surface area (TPSA) is 95.2 Å². The van der Waals surface area contributed by atoms with Crippen molar-refractivity contribution < 1.29 is 0 Å². The first kappa shape index (κ1) is 11.5. The number of nitrogens with zero attached hydrogens (tertiary/aromatic N) is 4. The van der Waals surface area contributed by atoms with E-state index < -0.39 is 10.8 Å². The van der Waals surface area contributed by atoms with Crippen molar-refractivity contribution in [3.8, 4) is 24.3 Å². The number of rotatable bonds is 0. The summed E-state index contributed by atoms with van der Waals surface area (Å²) >= 11 is 0. The summed E-state index contributed by atoms with van der Waals surface area (Å²) in [6, 6.07) is 8.06. The van der Waals surface area contributed by atoms with E-state index in [9.17, 15) is 21.0 Å². The molecule has 0 saturated heterocycles. The lowest BCUT2D eigenvalue weighted by Gasteiger charge is -2.54. The molecule has 0 aromatic carbocycles. The van der Waals surface area contributed by atoms with Crippen LogP contribution in [0.3, 0.4) is 0 Å². The van der Waals surface area contributed by atoms with E-state index in [1.165, 1.54) is 0 Å². The lowest BCUT2D eigenvalue weighted by atomic mass is 9.42. The Kier molecular flexibility index (Phi) is 2.11. The molecule has 0 aromatic rings. The van der Waals surface area contributed by atoms with E-state index in [0.717, 1.165) is 6.42 Å². The highest BCUT2D eigenvalue weighted by Crippen LogP contribution is 2.65. The zero-order valence-corrected chi connectivity index (χ0v) is 10.1. The first-order valence-corrected chi connectivity index (χ1v) is 6.20. The molecule has 0 aromatic heterocycles. The molecular formula is C15H10N4. The van der Waals surface area contributed by atoms with Crippen LogP contribution >= 0.6 is 0 Å². The van der Waals surface area contributed by atoms with Gasteiger partial charge >= 0.3 is 0 Å². The lowest BCUT2D eigenvalue weighted by Crippen LogP contribution is -2.59. The second-order valence-electron chi connectivity index (χ2n) is 5.40. The summed E-state index contributed by atoms with van der Waals surface area (Å²) in [6.07, 6.45) is 8.62. The van der Waals surface area contributed by atoms with Crippen molar-refractivity contribution in [2.24, 2.45) is 34.5 Å². The highest BCUT2D eigenvalue weighted by molar-refractivity contribution is 5.46. The molecule has 1 saturated carbocycles. The molecule has 0 aliphatic heterocycles. The molecule has 4 heteroatoms. The van der Waals surface area contributed by atoms with Gasteiger partial charge in [0.15, 0.2) is 10.8 Å². The largest absolute Gasteiger partial charge is 0.196 e. The Labute approximate surface area is 111 Å². The normalized spacial score (nSPS) is 38.5. The fraction of sp³-hybridized carbons (Fsp3) is 0.467. The van der Waals surface area contributed by atoms with Gasteiger partial charge in [-0.2, -0.15) is 21.0 Å². The molecule has 19 heavy (non-hydrogen) atoms. The average Bonchev–Trinajstić information content (AvgIpc) is 2.96. The van der Waals surface area contributed by atoms with Crippen LogP contribution in [0.2, 0.25) is 0 Å². The second-order valence-corrected chi connectivity index (χ2v) is 5.40. The third kappa shape index (κ3) is 0.977. The molecule has 4 nitrogen and oxygen atoms in total. The highest BCUT2D eigenvalue weighted by atomic mass is 14.7. The van der Waals surface area contributed by atoms with Crippen molar-refractivity contribution in [3.05, 3.63) is 24.3 Å². The molecule has 4 aliphatic rings. The maximum atomic E-state index is 9.55. The third-order valence-electron chi connectivity index (χ3n) is 4.99. The fourth-order valence-electron chi connectivity index (χ4n) is 4.10. The highest BCUT2D eigenvalue weighted by Gasteiger charge is 2.71. The van der Waals surface area contributed by atoms with E-state index in [1.807, 2.05) is 48.6 Å². The van der Waals surface area contributed by atoms with Gasteiger partial charge in [-0.3, -0.25) is 0 Å². The van der Waals surface area contributed by atoms with Crippen LogP contribution in [0, 0.1) is 79.8 Å². The van der Waals surface area contributed by atoms with E-state index in [-0.39, 0.29) is 23.7 Å². The minimum Gasteiger partial charge on any atom is -0.196 e. The van der Waals surface area contributed by atoms with Crippen LogP contribution in [-0.2, 0) is 0 Å². The zero-order valence-electron chi connectivity index (χ0n) is 10.1. The van der Waals surface area contributed by atoms with Gasteiger partial charge in [-0.15, -0.1) is 0 Å². The summed E-state index contributed by atoms with van der Waals surface area (Å²) in [5.41, 5.74) is -3.12. The monoisotopic (exact) mass is 246 g/mol. The second kappa shape index (κ2) is 3.47. The molecular weight excluding hydrogens is 236 g/mol. The Bertz CT molecular complexity index is 630. The third-order valence-corrected chi connectivity index (χ3v) is 4.99. The van der Waals surface area contributed by atoms with Crippen LogP contribution in [0.1, 0.15) is 6.42 Å². The van der Waals surface area contributed by atoms with Crippen molar-refractivity contribution in [1.82, 2.24) is 0 Å². The van der Waals surface area contributed by atoms with Crippen molar-refractivity contribution in [2.75, 3.05) is 0 Å². The molecule has 90 valence electrons. The number of allylic oxidation sites excluding steroid dienone is 4. The molecule has 4 rings (SSSR count). The lowest BCUT2D eigenvalue weighted by molar-refractivity contribution is 0.0102. The van der Waals surface area contributed by atoms with E-state index in [2.05, 4.69) is 0 Å². The van der Waals surface area contributed by atoms with Crippen molar-refractivity contribution in [1.29, 1.82) is 21.0 Å². The number of fused-ring (bicyclic) bond motifs is 1. The van der Waals surface area contributed by atoms with Gasteiger partial charge in [-0.05, 0) is 18.3 Å². The summed E-state index contributed by atoms with van der Waals surface area (Å²) in [7, 11) is 0. The van der Waals surface area contributed by atoms with Crippen LogP contribution in [0.25, 0.3) is 0 Å². The Hall–Kier alpha value is -2.56.